The van der Waals surface area contributed by atoms with Gasteiger partial charge in [-0.25, -0.2) is 9.59 Å². The van der Waals surface area contributed by atoms with Crippen molar-refractivity contribution in [2.75, 3.05) is 18.5 Å². The minimum Gasteiger partial charge on any atom is -0.480 e. The maximum atomic E-state index is 12.0. The molecule has 0 bridgehead atoms. The molecule has 0 fully saturated rings. The Labute approximate surface area is 164 Å². The average Bonchev–Trinajstić information content (AvgIpc) is 2.63. The number of carbonyl (C=O) groups excluding carboxylic acids is 2. The Hall–Kier alpha value is -2.32. The summed E-state index contributed by atoms with van der Waals surface area (Å²) in [5.41, 5.74) is 6.29. The van der Waals surface area contributed by atoms with E-state index < -0.39 is 30.1 Å². The quantitative estimate of drug-likeness (QED) is 0.564. The molecule has 0 radical (unpaired) electrons. The number of hydrogen-bond donors (Lipinski definition) is 3. The number of nitrogens with one attached hydrogen (secondary N) is 1. The maximum absolute atomic E-state index is 12.0. The zero-order valence-electron chi connectivity index (χ0n) is 16.0. The van der Waals surface area contributed by atoms with Gasteiger partial charge in [-0.1, -0.05) is 30.7 Å². The van der Waals surface area contributed by atoms with Crippen molar-refractivity contribution >= 4 is 35.2 Å². The number of carboxylic acids is 1. The summed E-state index contributed by atoms with van der Waals surface area (Å²) in [5, 5.41) is 11.2. The van der Waals surface area contributed by atoms with E-state index in [4.69, 9.17) is 26.2 Å². The lowest BCUT2D eigenvalue weighted by Gasteiger charge is -2.19. The zero-order chi connectivity index (χ0) is 21.0. The van der Waals surface area contributed by atoms with Gasteiger partial charge in [0, 0.05) is 0 Å². The fraction of sp³-hybridized carbons (Fsp3) is 0.500. The van der Waals surface area contributed by atoms with E-state index in [2.05, 4.69) is 11.1 Å². The highest BCUT2D eigenvalue weighted by molar-refractivity contribution is 6.33. The van der Waals surface area contributed by atoms with Crippen molar-refractivity contribution in [2.24, 2.45) is 5.73 Å². The molecule has 1 aromatic carbocycles. The van der Waals surface area contributed by atoms with Crippen LogP contribution in [-0.4, -0.2) is 48.3 Å². The van der Waals surface area contributed by atoms with E-state index in [-0.39, 0.29) is 13.2 Å². The third kappa shape index (κ3) is 9.25. The molecule has 0 heterocycles. The topological polar surface area (TPSA) is 128 Å². The van der Waals surface area contributed by atoms with Crippen molar-refractivity contribution in [3.05, 3.63) is 28.8 Å². The SMILES string of the molecule is CCOC(=O)C(C)OC(=O)[C@H](C)Nc1c(Cl)cccc1CC.NCC(=O)O. The summed E-state index contributed by atoms with van der Waals surface area (Å²) in [5.74, 6) is -2.07. The number of halogens is 1. The first-order chi connectivity index (χ1) is 12.7. The van der Waals surface area contributed by atoms with Gasteiger partial charge >= 0.3 is 17.9 Å². The van der Waals surface area contributed by atoms with Crippen LogP contribution in [0.2, 0.25) is 5.02 Å². The monoisotopic (exact) mass is 402 g/mol. The van der Waals surface area contributed by atoms with E-state index in [1.165, 1.54) is 6.92 Å². The number of benzene rings is 1. The molecule has 1 aromatic rings. The molecule has 0 saturated carbocycles. The van der Waals surface area contributed by atoms with Crippen LogP contribution in [0.1, 0.15) is 33.3 Å². The van der Waals surface area contributed by atoms with Crippen LogP contribution in [0.4, 0.5) is 5.69 Å². The van der Waals surface area contributed by atoms with Crippen molar-refractivity contribution in [3.63, 3.8) is 0 Å². The fourth-order valence-electron chi connectivity index (χ4n) is 1.88. The minimum absolute atomic E-state index is 0.244. The molecule has 2 atom stereocenters. The molecule has 0 aliphatic carbocycles. The molecule has 0 saturated heterocycles. The van der Waals surface area contributed by atoms with Gasteiger partial charge in [-0.3, -0.25) is 4.79 Å². The van der Waals surface area contributed by atoms with Gasteiger partial charge in [0.1, 0.15) is 6.04 Å². The van der Waals surface area contributed by atoms with Crippen LogP contribution in [0.5, 0.6) is 0 Å². The van der Waals surface area contributed by atoms with E-state index in [1.807, 2.05) is 19.1 Å². The molecule has 0 aliphatic heterocycles. The lowest BCUT2D eigenvalue weighted by Crippen LogP contribution is -2.34. The highest BCUT2D eigenvalue weighted by atomic mass is 35.5. The standard InChI is InChI=1S/C16H22ClNO4.C2H5NO2/c1-5-12-8-7-9-13(17)14(12)18-10(3)15(19)22-11(4)16(20)21-6-2;3-1-2(4)5/h7-11,18H,5-6H2,1-4H3;1,3H2,(H,4,5)/t10-,11?;/m0./s1. The first-order valence-electron chi connectivity index (χ1n) is 8.50. The Morgan fingerprint density at radius 3 is 2.30 bits per heavy atom. The Bertz CT molecular complexity index is 638. The molecular weight excluding hydrogens is 376 g/mol. The molecule has 27 heavy (non-hydrogen) atoms. The van der Waals surface area contributed by atoms with Crippen LogP contribution in [0, 0.1) is 0 Å². The highest BCUT2D eigenvalue weighted by Crippen LogP contribution is 2.27. The lowest BCUT2D eigenvalue weighted by atomic mass is 10.1. The van der Waals surface area contributed by atoms with E-state index in [0.29, 0.717) is 10.7 Å². The molecule has 9 heteroatoms. The van der Waals surface area contributed by atoms with Crippen molar-refractivity contribution in [3.8, 4) is 0 Å². The third-order valence-electron chi connectivity index (χ3n) is 3.28. The van der Waals surface area contributed by atoms with Gasteiger partial charge in [-0.2, -0.15) is 0 Å². The number of carbonyl (C=O) groups is 3. The molecule has 4 N–H and O–H groups in total. The molecule has 0 amide bonds. The van der Waals surface area contributed by atoms with E-state index in [1.54, 1.807) is 19.9 Å². The summed E-state index contributed by atoms with van der Waals surface area (Å²) in [6.07, 6.45) is -0.155. The third-order valence-corrected chi connectivity index (χ3v) is 3.60. The van der Waals surface area contributed by atoms with Gasteiger partial charge in [-0.05, 0) is 38.8 Å². The molecule has 0 aliphatic rings. The van der Waals surface area contributed by atoms with Crippen LogP contribution >= 0.6 is 11.6 Å². The number of nitrogens with two attached hydrogens (primary N) is 1. The summed E-state index contributed by atoms with van der Waals surface area (Å²) in [4.78, 5) is 32.8. The zero-order valence-corrected chi connectivity index (χ0v) is 16.7. The second-order valence-electron chi connectivity index (χ2n) is 5.42. The van der Waals surface area contributed by atoms with Crippen molar-refractivity contribution in [1.29, 1.82) is 0 Å². The second kappa shape index (κ2) is 12.9. The molecule has 1 unspecified atom stereocenters. The normalized spacial score (nSPS) is 12.1. The number of carboxylic acid groups (broad SMARTS) is 1. The van der Waals surface area contributed by atoms with Gasteiger partial charge in [0.2, 0.25) is 0 Å². The predicted molar refractivity (Wildman–Crippen MR) is 103 cm³/mol. The first kappa shape index (κ1) is 24.7. The summed E-state index contributed by atoms with van der Waals surface area (Å²) >= 11 is 6.17. The van der Waals surface area contributed by atoms with Crippen LogP contribution in [0.3, 0.4) is 0 Å². The van der Waals surface area contributed by atoms with Crippen molar-refractivity contribution in [1.82, 2.24) is 0 Å². The molecule has 152 valence electrons. The number of anilines is 1. The molecule has 0 spiro atoms. The first-order valence-corrected chi connectivity index (χ1v) is 8.88. The Morgan fingerprint density at radius 1 is 1.22 bits per heavy atom. The molecule has 0 aromatic heterocycles. The van der Waals surface area contributed by atoms with Crippen molar-refractivity contribution < 1.29 is 29.0 Å². The Kier molecular flexibility index (Phi) is 11.8. The Morgan fingerprint density at radius 2 is 1.81 bits per heavy atom. The minimum atomic E-state index is -0.968. The largest absolute Gasteiger partial charge is 0.480 e. The number of hydrogen-bond acceptors (Lipinski definition) is 7. The number of ether oxygens (including phenoxy) is 2. The van der Waals surface area contributed by atoms with Crippen LogP contribution in [-0.2, 0) is 30.3 Å². The predicted octanol–water partition coefficient (Wildman–Crippen LogP) is 2.23. The Balaban J connectivity index is 0.00000119. The van der Waals surface area contributed by atoms with E-state index in [9.17, 15) is 14.4 Å². The number of esters is 2. The second-order valence-corrected chi connectivity index (χ2v) is 5.83. The van der Waals surface area contributed by atoms with Crippen LogP contribution in [0.15, 0.2) is 18.2 Å². The smallest absolute Gasteiger partial charge is 0.347 e. The van der Waals surface area contributed by atoms with E-state index in [0.717, 1.165) is 12.0 Å². The van der Waals surface area contributed by atoms with Crippen LogP contribution in [0.25, 0.3) is 0 Å². The van der Waals surface area contributed by atoms with Gasteiger partial charge in [0.15, 0.2) is 6.10 Å². The van der Waals surface area contributed by atoms with Gasteiger partial charge in [-0.15, -0.1) is 0 Å². The van der Waals surface area contributed by atoms with Crippen molar-refractivity contribution in [2.45, 2.75) is 46.3 Å². The summed E-state index contributed by atoms with van der Waals surface area (Å²) in [6, 6.07) is 4.91. The summed E-state index contributed by atoms with van der Waals surface area (Å²) in [7, 11) is 0. The number of aliphatic carboxylic acids is 1. The maximum Gasteiger partial charge on any atom is 0.347 e. The number of para-hydroxylation sites is 1. The highest BCUT2D eigenvalue weighted by Gasteiger charge is 2.23. The number of rotatable bonds is 8. The van der Waals surface area contributed by atoms with Gasteiger partial charge in [0.05, 0.1) is 23.9 Å². The number of aryl methyl sites for hydroxylation is 1. The molecule has 8 nitrogen and oxygen atoms in total. The summed E-state index contributed by atoms with van der Waals surface area (Å²) < 4.78 is 9.89. The fourth-order valence-corrected chi connectivity index (χ4v) is 2.13. The molecule has 1 rings (SSSR count). The summed E-state index contributed by atoms with van der Waals surface area (Å²) in [6.45, 7) is 6.80. The van der Waals surface area contributed by atoms with E-state index >= 15 is 0 Å². The lowest BCUT2D eigenvalue weighted by molar-refractivity contribution is -0.166. The van der Waals surface area contributed by atoms with Crippen LogP contribution < -0.4 is 11.1 Å². The van der Waals surface area contributed by atoms with Gasteiger partial charge in [0.25, 0.3) is 0 Å². The molecular formula is C18H27ClN2O6. The van der Waals surface area contributed by atoms with Gasteiger partial charge < -0.3 is 25.6 Å². The average molecular weight is 403 g/mol.